The molecule has 0 radical (unpaired) electrons. The molecule has 0 aromatic heterocycles. The van der Waals surface area contributed by atoms with E-state index in [-0.39, 0.29) is 5.41 Å². The number of hydrogen-bond donors (Lipinski definition) is 0. The van der Waals surface area contributed by atoms with Gasteiger partial charge in [-0.05, 0) is 45.8 Å². The van der Waals surface area contributed by atoms with E-state index in [1.165, 1.54) is 0 Å². The van der Waals surface area contributed by atoms with E-state index in [0.717, 1.165) is 38.9 Å². The molecule has 3 fully saturated rings. The summed E-state index contributed by atoms with van der Waals surface area (Å²) in [5, 5.41) is 0. The van der Waals surface area contributed by atoms with Gasteiger partial charge in [0.05, 0.1) is 0 Å². The minimum absolute atomic E-state index is 0.106. The Labute approximate surface area is 67.6 Å². The predicted molar refractivity (Wildman–Crippen MR) is 43.4 cm³/mol. The molecule has 3 heterocycles. The van der Waals surface area contributed by atoms with Crippen LogP contribution in [0.4, 0.5) is 0 Å². The lowest BCUT2D eigenvalue weighted by Crippen LogP contribution is -2.51. The van der Waals surface area contributed by atoms with Crippen molar-refractivity contribution in [2.24, 2.45) is 5.41 Å². The largest absolute Gasteiger partial charge is 0.303 e. The summed E-state index contributed by atoms with van der Waals surface area (Å²) >= 11 is 0. The number of carbonyl (C=O) groups excluding carboxylic acids is 1. The van der Waals surface area contributed by atoms with Crippen LogP contribution in [-0.2, 0) is 4.79 Å². The molecular formula is C9H15NO. The number of fused-ring (bicyclic) bond motifs is 3. The summed E-state index contributed by atoms with van der Waals surface area (Å²) in [6.07, 6.45) is 3.34. The van der Waals surface area contributed by atoms with Gasteiger partial charge in [-0.2, -0.15) is 0 Å². The Bertz CT molecular complexity index is 166. The van der Waals surface area contributed by atoms with Crippen LogP contribution in [0.1, 0.15) is 26.2 Å². The Morgan fingerprint density at radius 1 is 1.18 bits per heavy atom. The van der Waals surface area contributed by atoms with Crippen molar-refractivity contribution in [2.45, 2.75) is 26.2 Å². The van der Waals surface area contributed by atoms with Gasteiger partial charge in [0, 0.05) is 5.41 Å². The molecule has 0 spiro atoms. The molecule has 3 aliphatic heterocycles. The Hall–Kier alpha value is -0.370. The van der Waals surface area contributed by atoms with Crippen molar-refractivity contribution in [3.05, 3.63) is 0 Å². The minimum Gasteiger partial charge on any atom is -0.303 e. The molecule has 2 bridgehead atoms. The first kappa shape index (κ1) is 7.29. The second-order valence-electron chi connectivity index (χ2n) is 3.93. The summed E-state index contributed by atoms with van der Waals surface area (Å²) in [6, 6.07) is 0. The lowest BCUT2D eigenvalue weighted by molar-refractivity contribution is -0.133. The number of Topliss-reactive ketones (excluding diaryl/α,β-unsaturated/α-hetero) is 1. The van der Waals surface area contributed by atoms with Gasteiger partial charge in [0.15, 0.2) is 0 Å². The zero-order valence-electron chi connectivity index (χ0n) is 7.10. The summed E-state index contributed by atoms with van der Waals surface area (Å²) in [7, 11) is 0. The fourth-order valence-corrected chi connectivity index (χ4v) is 2.35. The van der Waals surface area contributed by atoms with E-state index in [4.69, 9.17) is 0 Å². The van der Waals surface area contributed by atoms with Crippen LogP contribution in [0.2, 0.25) is 0 Å². The number of hydrogen-bond acceptors (Lipinski definition) is 2. The van der Waals surface area contributed by atoms with Crippen LogP contribution in [-0.4, -0.2) is 30.3 Å². The highest BCUT2D eigenvalue weighted by atomic mass is 16.1. The molecule has 0 unspecified atom stereocenters. The third kappa shape index (κ3) is 1.00. The molecule has 0 atom stereocenters. The first-order chi connectivity index (χ1) is 5.23. The fraction of sp³-hybridized carbons (Fsp3) is 0.889. The van der Waals surface area contributed by atoms with Gasteiger partial charge in [-0.15, -0.1) is 0 Å². The molecule has 0 aliphatic carbocycles. The highest BCUT2D eigenvalue weighted by molar-refractivity contribution is 5.82. The predicted octanol–water partition coefficient (Wildman–Crippen LogP) is 1.06. The smallest absolute Gasteiger partial charge is 0.136 e. The molecule has 0 saturated carbocycles. The quantitative estimate of drug-likeness (QED) is 0.561. The summed E-state index contributed by atoms with van der Waals surface area (Å²) in [6.45, 7) is 5.22. The number of nitrogens with zero attached hydrogens (tertiary/aromatic N) is 1. The van der Waals surface area contributed by atoms with Crippen LogP contribution in [0.5, 0.6) is 0 Å². The van der Waals surface area contributed by atoms with Gasteiger partial charge in [-0.25, -0.2) is 0 Å². The topological polar surface area (TPSA) is 20.3 Å². The molecule has 0 aromatic carbocycles. The summed E-state index contributed by atoms with van der Waals surface area (Å²) in [5.74, 6) is 0.428. The summed E-state index contributed by atoms with van der Waals surface area (Å²) < 4.78 is 0. The van der Waals surface area contributed by atoms with Crippen LogP contribution in [0, 0.1) is 5.41 Å². The number of piperidine rings is 3. The monoisotopic (exact) mass is 153 g/mol. The van der Waals surface area contributed by atoms with E-state index in [0.29, 0.717) is 5.78 Å². The molecule has 2 heteroatoms. The molecule has 0 aromatic rings. The highest BCUT2D eigenvalue weighted by Gasteiger charge is 2.42. The molecule has 0 amide bonds. The summed E-state index contributed by atoms with van der Waals surface area (Å²) in [5.41, 5.74) is 0.106. The lowest BCUT2D eigenvalue weighted by atomic mass is 9.69. The Kier molecular flexibility index (Phi) is 1.53. The van der Waals surface area contributed by atoms with Gasteiger partial charge in [0.2, 0.25) is 0 Å². The first-order valence-corrected chi connectivity index (χ1v) is 4.46. The zero-order chi connectivity index (χ0) is 7.90. The average Bonchev–Trinajstić information content (AvgIpc) is 2.08. The van der Waals surface area contributed by atoms with Crippen molar-refractivity contribution >= 4 is 5.78 Å². The Morgan fingerprint density at radius 3 is 1.91 bits per heavy atom. The van der Waals surface area contributed by atoms with Crippen LogP contribution in [0.25, 0.3) is 0 Å². The molecule has 3 saturated heterocycles. The normalized spacial score (nSPS) is 42.5. The van der Waals surface area contributed by atoms with Crippen molar-refractivity contribution in [1.82, 2.24) is 4.90 Å². The van der Waals surface area contributed by atoms with Crippen molar-refractivity contribution in [3.8, 4) is 0 Å². The first-order valence-electron chi connectivity index (χ1n) is 4.46. The van der Waals surface area contributed by atoms with E-state index < -0.39 is 0 Å². The third-order valence-corrected chi connectivity index (χ3v) is 3.47. The Morgan fingerprint density at radius 2 is 1.64 bits per heavy atom. The molecule has 62 valence electrons. The SMILES string of the molecule is CC(=O)C12CCN(CC1)CC2. The van der Waals surface area contributed by atoms with Crippen LogP contribution < -0.4 is 0 Å². The third-order valence-electron chi connectivity index (χ3n) is 3.47. The van der Waals surface area contributed by atoms with E-state index in [9.17, 15) is 4.79 Å². The second kappa shape index (κ2) is 2.31. The van der Waals surface area contributed by atoms with Gasteiger partial charge in [-0.3, -0.25) is 4.79 Å². The van der Waals surface area contributed by atoms with Crippen molar-refractivity contribution in [3.63, 3.8) is 0 Å². The zero-order valence-corrected chi connectivity index (χ0v) is 7.10. The maximum Gasteiger partial charge on any atom is 0.136 e. The van der Waals surface area contributed by atoms with Gasteiger partial charge in [-0.1, -0.05) is 0 Å². The lowest BCUT2D eigenvalue weighted by Gasteiger charge is -2.46. The van der Waals surface area contributed by atoms with Crippen LogP contribution in [0.15, 0.2) is 0 Å². The molecule has 3 rings (SSSR count). The maximum atomic E-state index is 11.4. The van der Waals surface area contributed by atoms with E-state index in [2.05, 4.69) is 4.90 Å². The van der Waals surface area contributed by atoms with Gasteiger partial charge in [0.25, 0.3) is 0 Å². The number of rotatable bonds is 1. The molecular weight excluding hydrogens is 138 g/mol. The van der Waals surface area contributed by atoms with E-state index in [1.54, 1.807) is 6.92 Å². The van der Waals surface area contributed by atoms with Gasteiger partial charge in [0.1, 0.15) is 5.78 Å². The van der Waals surface area contributed by atoms with Crippen molar-refractivity contribution < 1.29 is 4.79 Å². The molecule has 11 heavy (non-hydrogen) atoms. The Balaban J connectivity index is 2.18. The minimum atomic E-state index is 0.106. The van der Waals surface area contributed by atoms with Gasteiger partial charge >= 0.3 is 0 Å². The van der Waals surface area contributed by atoms with Crippen LogP contribution >= 0.6 is 0 Å². The molecule has 0 N–H and O–H groups in total. The summed E-state index contributed by atoms with van der Waals surface area (Å²) in [4.78, 5) is 13.8. The average molecular weight is 153 g/mol. The maximum absolute atomic E-state index is 11.4. The van der Waals surface area contributed by atoms with Crippen LogP contribution in [0.3, 0.4) is 0 Å². The molecule has 2 nitrogen and oxygen atoms in total. The fourth-order valence-electron chi connectivity index (χ4n) is 2.35. The van der Waals surface area contributed by atoms with E-state index >= 15 is 0 Å². The van der Waals surface area contributed by atoms with Crippen molar-refractivity contribution in [2.75, 3.05) is 19.6 Å². The van der Waals surface area contributed by atoms with Crippen molar-refractivity contribution in [1.29, 1.82) is 0 Å². The molecule has 3 aliphatic rings. The van der Waals surface area contributed by atoms with Gasteiger partial charge < -0.3 is 4.90 Å². The van der Waals surface area contributed by atoms with E-state index in [1.807, 2.05) is 0 Å². The number of ketones is 1. The highest BCUT2D eigenvalue weighted by Crippen LogP contribution is 2.40. The number of carbonyl (C=O) groups is 1. The second-order valence-corrected chi connectivity index (χ2v) is 3.93. The standard InChI is InChI=1S/C9H15NO/c1-8(11)9-2-5-10(6-3-9)7-4-9/h2-7H2,1H3.